The summed E-state index contributed by atoms with van der Waals surface area (Å²) in [6.45, 7) is 10.8. The summed E-state index contributed by atoms with van der Waals surface area (Å²) in [6, 6.07) is 1.06. The lowest BCUT2D eigenvalue weighted by atomic mass is 10.0. The Morgan fingerprint density at radius 1 is 1.29 bits per heavy atom. The molecule has 1 N–H and O–H groups in total. The van der Waals surface area contributed by atoms with E-state index < -0.39 is 0 Å². The Morgan fingerprint density at radius 3 is 2.52 bits per heavy atom. The number of piperidine rings is 1. The molecule has 0 aliphatic carbocycles. The van der Waals surface area contributed by atoms with Crippen molar-refractivity contribution in [3.05, 3.63) is 18.1 Å². The highest BCUT2D eigenvalue weighted by Gasteiger charge is 2.22. The number of anilines is 1. The zero-order chi connectivity index (χ0) is 15.2. The summed E-state index contributed by atoms with van der Waals surface area (Å²) in [7, 11) is 2.14. The molecule has 0 amide bonds. The minimum Gasteiger partial charge on any atom is -0.355 e. The molecule has 1 aliphatic heterocycles. The second-order valence-corrected chi connectivity index (χ2v) is 6.18. The molecule has 0 aromatic carbocycles. The van der Waals surface area contributed by atoms with Gasteiger partial charge in [-0.15, -0.1) is 0 Å². The van der Waals surface area contributed by atoms with Crippen molar-refractivity contribution < 1.29 is 0 Å². The van der Waals surface area contributed by atoms with Crippen LogP contribution in [0.4, 0.5) is 5.82 Å². The molecule has 0 radical (unpaired) electrons. The Hall–Kier alpha value is -1.20. The Labute approximate surface area is 128 Å². The van der Waals surface area contributed by atoms with Crippen molar-refractivity contribution in [2.75, 3.05) is 31.6 Å². The first-order valence-corrected chi connectivity index (χ1v) is 8.09. The maximum Gasteiger partial charge on any atom is 0.147 e. The highest BCUT2D eigenvalue weighted by Crippen LogP contribution is 2.19. The molecule has 5 heteroatoms. The second-order valence-electron chi connectivity index (χ2n) is 6.18. The monoisotopic (exact) mass is 291 g/mol. The van der Waals surface area contributed by atoms with Crippen molar-refractivity contribution in [3.63, 3.8) is 0 Å². The summed E-state index contributed by atoms with van der Waals surface area (Å²) in [6.07, 6.45) is 6.22. The summed E-state index contributed by atoms with van der Waals surface area (Å²) in [5.41, 5.74) is 1.00. The van der Waals surface area contributed by atoms with E-state index in [1.54, 1.807) is 0 Å². The minimum atomic E-state index is 0.470. The molecule has 118 valence electrons. The summed E-state index contributed by atoms with van der Waals surface area (Å²) in [4.78, 5) is 13.9. The van der Waals surface area contributed by atoms with Crippen LogP contribution in [0.1, 0.15) is 39.3 Å². The molecule has 0 bridgehead atoms. The van der Waals surface area contributed by atoms with E-state index in [1.807, 2.05) is 12.4 Å². The fourth-order valence-corrected chi connectivity index (χ4v) is 2.74. The largest absolute Gasteiger partial charge is 0.355 e. The zero-order valence-electron chi connectivity index (χ0n) is 13.8. The number of hydrogen-bond acceptors (Lipinski definition) is 5. The third-order valence-electron chi connectivity index (χ3n) is 4.30. The zero-order valence-corrected chi connectivity index (χ0v) is 13.8. The highest BCUT2D eigenvalue weighted by molar-refractivity contribution is 5.36. The average Bonchev–Trinajstić information content (AvgIpc) is 2.53. The maximum absolute atomic E-state index is 4.58. The maximum atomic E-state index is 4.58. The van der Waals surface area contributed by atoms with Gasteiger partial charge in [-0.25, -0.2) is 4.98 Å². The minimum absolute atomic E-state index is 0.470. The molecule has 21 heavy (non-hydrogen) atoms. The number of rotatable bonds is 6. The first-order chi connectivity index (χ1) is 10.1. The van der Waals surface area contributed by atoms with Gasteiger partial charge in [0.15, 0.2) is 0 Å². The lowest BCUT2D eigenvalue weighted by Crippen LogP contribution is -2.43. The molecule has 5 nitrogen and oxygen atoms in total. The van der Waals surface area contributed by atoms with E-state index in [2.05, 4.69) is 52.9 Å². The van der Waals surface area contributed by atoms with Crippen LogP contribution in [0.2, 0.25) is 0 Å². The van der Waals surface area contributed by atoms with Gasteiger partial charge in [0, 0.05) is 38.8 Å². The molecular weight excluding hydrogens is 262 g/mol. The fourth-order valence-electron chi connectivity index (χ4n) is 2.74. The van der Waals surface area contributed by atoms with Crippen LogP contribution in [-0.4, -0.2) is 53.6 Å². The average molecular weight is 291 g/mol. The Balaban J connectivity index is 1.89. The third kappa shape index (κ3) is 4.64. The van der Waals surface area contributed by atoms with Crippen LogP contribution < -0.4 is 10.2 Å². The number of aromatic nitrogens is 2. The van der Waals surface area contributed by atoms with Gasteiger partial charge in [-0.3, -0.25) is 4.98 Å². The van der Waals surface area contributed by atoms with Crippen molar-refractivity contribution in [3.8, 4) is 0 Å². The SMILES string of the molecule is CCN1CCC(N(C)c2cnc(CNC(C)C)cn2)CC1. The van der Waals surface area contributed by atoms with Crippen molar-refractivity contribution in [1.82, 2.24) is 20.2 Å². The molecular formula is C16H29N5. The smallest absolute Gasteiger partial charge is 0.147 e. The van der Waals surface area contributed by atoms with Gasteiger partial charge in [0.2, 0.25) is 0 Å². The topological polar surface area (TPSA) is 44.3 Å². The Bertz CT molecular complexity index is 409. The molecule has 0 saturated carbocycles. The van der Waals surface area contributed by atoms with Crippen LogP contribution in [0.3, 0.4) is 0 Å². The molecule has 1 saturated heterocycles. The third-order valence-corrected chi connectivity index (χ3v) is 4.30. The quantitative estimate of drug-likeness (QED) is 0.867. The summed E-state index contributed by atoms with van der Waals surface area (Å²) >= 11 is 0. The van der Waals surface area contributed by atoms with E-state index in [-0.39, 0.29) is 0 Å². The van der Waals surface area contributed by atoms with E-state index in [9.17, 15) is 0 Å². The molecule has 2 rings (SSSR count). The van der Waals surface area contributed by atoms with Gasteiger partial charge < -0.3 is 15.1 Å². The van der Waals surface area contributed by atoms with Gasteiger partial charge in [-0.1, -0.05) is 20.8 Å². The van der Waals surface area contributed by atoms with Crippen LogP contribution in [-0.2, 0) is 6.54 Å². The number of nitrogens with one attached hydrogen (secondary N) is 1. The van der Waals surface area contributed by atoms with E-state index >= 15 is 0 Å². The van der Waals surface area contributed by atoms with Crippen molar-refractivity contribution in [2.45, 2.75) is 52.2 Å². The predicted molar refractivity (Wildman–Crippen MR) is 87.5 cm³/mol. The van der Waals surface area contributed by atoms with Crippen LogP contribution in [0.5, 0.6) is 0 Å². The summed E-state index contributed by atoms with van der Waals surface area (Å²) in [5, 5.41) is 3.36. The van der Waals surface area contributed by atoms with Crippen LogP contribution in [0.25, 0.3) is 0 Å². The molecule has 1 fully saturated rings. The number of hydrogen-bond donors (Lipinski definition) is 1. The first kappa shape index (κ1) is 16.2. The molecule has 0 atom stereocenters. The molecule has 0 spiro atoms. The lowest BCUT2D eigenvalue weighted by Gasteiger charge is -2.36. The molecule has 0 unspecified atom stereocenters. The lowest BCUT2D eigenvalue weighted by molar-refractivity contribution is 0.220. The van der Waals surface area contributed by atoms with Gasteiger partial charge in [-0.05, 0) is 19.4 Å². The van der Waals surface area contributed by atoms with Crippen molar-refractivity contribution in [2.24, 2.45) is 0 Å². The van der Waals surface area contributed by atoms with Gasteiger partial charge in [0.1, 0.15) is 5.82 Å². The molecule has 1 aliphatic rings. The van der Waals surface area contributed by atoms with Gasteiger partial charge in [0.25, 0.3) is 0 Å². The Morgan fingerprint density at radius 2 is 2.00 bits per heavy atom. The van der Waals surface area contributed by atoms with Crippen LogP contribution in [0, 0.1) is 0 Å². The number of likely N-dealkylation sites (tertiary alicyclic amines) is 1. The number of nitrogens with zero attached hydrogens (tertiary/aromatic N) is 4. The van der Waals surface area contributed by atoms with Crippen molar-refractivity contribution in [1.29, 1.82) is 0 Å². The second kappa shape index (κ2) is 7.71. The normalized spacial score (nSPS) is 17.4. The van der Waals surface area contributed by atoms with Crippen LogP contribution >= 0.6 is 0 Å². The van der Waals surface area contributed by atoms with E-state index in [4.69, 9.17) is 0 Å². The van der Waals surface area contributed by atoms with Gasteiger partial charge >= 0.3 is 0 Å². The predicted octanol–water partition coefficient (Wildman–Crippen LogP) is 1.90. The first-order valence-electron chi connectivity index (χ1n) is 8.09. The summed E-state index contributed by atoms with van der Waals surface area (Å²) in [5.74, 6) is 0.984. The van der Waals surface area contributed by atoms with Gasteiger partial charge in [0.05, 0.1) is 18.1 Å². The fraction of sp³-hybridized carbons (Fsp3) is 0.750. The molecule has 1 aromatic heterocycles. The van der Waals surface area contributed by atoms with E-state index in [1.165, 1.54) is 25.9 Å². The molecule has 2 heterocycles. The van der Waals surface area contributed by atoms with Crippen molar-refractivity contribution >= 4 is 5.82 Å². The highest BCUT2D eigenvalue weighted by atomic mass is 15.2. The van der Waals surface area contributed by atoms with E-state index in [0.29, 0.717) is 12.1 Å². The van der Waals surface area contributed by atoms with Crippen LogP contribution in [0.15, 0.2) is 12.4 Å². The standard InChI is InChI=1S/C16H29N5/c1-5-21-8-6-15(7-9-21)20(4)16-12-18-14(11-19-16)10-17-13(2)3/h11-13,15,17H,5-10H2,1-4H3. The molecule has 1 aromatic rings. The summed E-state index contributed by atoms with van der Waals surface area (Å²) < 4.78 is 0. The Kier molecular flexibility index (Phi) is 5.94. The van der Waals surface area contributed by atoms with E-state index in [0.717, 1.165) is 24.6 Å². The van der Waals surface area contributed by atoms with Gasteiger partial charge in [-0.2, -0.15) is 0 Å².